The first-order valence-electron chi connectivity index (χ1n) is 12.8. The van der Waals surface area contributed by atoms with Crippen LogP contribution in [-0.4, -0.2) is 23.7 Å². The highest BCUT2D eigenvalue weighted by molar-refractivity contribution is 7.97. The zero-order chi connectivity index (χ0) is 24.7. The van der Waals surface area contributed by atoms with Gasteiger partial charge >= 0.3 is 5.97 Å². The molecule has 0 saturated heterocycles. The van der Waals surface area contributed by atoms with Crippen molar-refractivity contribution in [3.63, 3.8) is 0 Å². The molecule has 3 aromatic carbocycles. The highest BCUT2D eigenvalue weighted by Crippen LogP contribution is 2.47. The van der Waals surface area contributed by atoms with E-state index in [0.29, 0.717) is 23.6 Å². The zero-order valence-electron chi connectivity index (χ0n) is 20.7. The molecule has 0 bridgehead atoms. The van der Waals surface area contributed by atoms with Crippen LogP contribution < -0.4 is 15.9 Å². The van der Waals surface area contributed by atoms with E-state index >= 15 is 0 Å². The Labute approximate surface area is 209 Å². The van der Waals surface area contributed by atoms with Crippen molar-refractivity contribution in [2.45, 2.75) is 46.0 Å². The molecule has 35 heavy (non-hydrogen) atoms. The normalized spacial score (nSPS) is 17.7. The molecule has 182 valence electrons. The third kappa shape index (κ3) is 5.07. The molecular formula is C31H35O3P. The molecule has 0 heterocycles. The summed E-state index contributed by atoms with van der Waals surface area (Å²) >= 11 is 0. The van der Waals surface area contributed by atoms with Crippen molar-refractivity contribution in [1.29, 1.82) is 0 Å². The number of ether oxygens (including phenoxy) is 1. The van der Waals surface area contributed by atoms with Gasteiger partial charge in [-0.3, -0.25) is 4.79 Å². The molecule has 1 saturated carbocycles. The van der Waals surface area contributed by atoms with Gasteiger partial charge in [-0.15, -0.1) is 0 Å². The standard InChI is InChI=1S/C31H35O3P/c1-3-24-15-14-16-25(24)23-29(32)30(31(33)34-4-2)35(26-17-8-5-9-18-26,27-19-10-6-11-20-27)28-21-12-7-13-22-28/h5-13,17-22,24-25H,3-4,14-16,23H2,1-2H3. The molecule has 0 amide bonds. The summed E-state index contributed by atoms with van der Waals surface area (Å²) in [4.78, 5) is 28.2. The second-order valence-electron chi connectivity index (χ2n) is 9.23. The third-order valence-corrected chi connectivity index (χ3v) is 11.6. The van der Waals surface area contributed by atoms with Crippen LogP contribution in [0.15, 0.2) is 91.0 Å². The van der Waals surface area contributed by atoms with Crippen molar-refractivity contribution in [1.82, 2.24) is 0 Å². The molecule has 0 aromatic heterocycles. The minimum Gasteiger partial charge on any atom is -0.462 e. The number of rotatable bonds is 9. The first-order chi connectivity index (χ1) is 17.1. The van der Waals surface area contributed by atoms with Crippen LogP contribution in [0.2, 0.25) is 0 Å². The second-order valence-corrected chi connectivity index (χ2v) is 12.6. The summed E-state index contributed by atoms with van der Waals surface area (Å²) in [5.41, 5.74) is 0. The lowest BCUT2D eigenvalue weighted by Gasteiger charge is -2.32. The zero-order valence-corrected chi connectivity index (χ0v) is 21.6. The monoisotopic (exact) mass is 486 g/mol. The summed E-state index contributed by atoms with van der Waals surface area (Å²) in [6.07, 6.45) is 4.85. The van der Waals surface area contributed by atoms with Crippen LogP contribution in [0, 0.1) is 11.8 Å². The van der Waals surface area contributed by atoms with E-state index in [4.69, 9.17) is 4.74 Å². The molecule has 3 aromatic rings. The third-order valence-electron chi connectivity index (χ3n) is 7.29. The molecule has 3 nitrogen and oxygen atoms in total. The van der Waals surface area contributed by atoms with Crippen molar-refractivity contribution >= 4 is 39.8 Å². The predicted molar refractivity (Wildman–Crippen MR) is 148 cm³/mol. The molecule has 1 fully saturated rings. The van der Waals surface area contributed by atoms with Crippen LogP contribution in [0.4, 0.5) is 0 Å². The fraction of sp³-hybridized carbons (Fsp3) is 0.323. The Morgan fingerprint density at radius 3 is 1.63 bits per heavy atom. The number of esters is 1. The maximum Gasteiger partial charge on any atom is 0.342 e. The lowest BCUT2D eigenvalue weighted by molar-refractivity contribution is -0.135. The van der Waals surface area contributed by atoms with E-state index in [1.807, 2.05) is 54.6 Å². The molecule has 0 N–H and O–H groups in total. The van der Waals surface area contributed by atoms with Gasteiger partial charge in [0, 0.05) is 6.42 Å². The van der Waals surface area contributed by atoms with E-state index in [0.717, 1.165) is 35.2 Å². The van der Waals surface area contributed by atoms with E-state index in [9.17, 15) is 9.59 Å². The number of carbonyl (C=O) groups excluding carboxylic acids is 2. The van der Waals surface area contributed by atoms with Gasteiger partial charge in [0.1, 0.15) is 5.29 Å². The highest BCUT2D eigenvalue weighted by atomic mass is 31.2. The van der Waals surface area contributed by atoms with Gasteiger partial charge in [0.15, 0.2) is 5.78 Å². The Kier molecular flexibility index (Phi) is 8.42. The first-order valence-corrected chi connectivity index (χ1v) is 14.6. The number of carbonyl (C=O) groups is 2. The molecule has 2 unspecified atom stereocenters. The van der Waals surface area contributed by atoms with Crippen LogP contribution in [0.25, 0.3) is 0 Å². The number of Topliss-reactive ketones (excluding diaryl/α,β-unsaturated/α-hetero) is 1. The van der Waals surface area contributed by atoms with E-state index in [1.54, 1.807) is 6.92 Å². The molecule has 0 spiro atoms. The predicted octanol–water partition coefficient (Wildman–Crippen LogP) is 5.50. The summed E-state index contributed by atoms with van der Waals surface area (Å²) < 4.78 is 5.64. The van der Waals surface area contributed by atoms with Crippen molar-refractivity contribution in [3.8, 4) is 0 Å². The van der Waals surface area contributed by atoms with Gasteiger partial charge in [0.25, 0.3) is 0 Å². The Morgan fingerprint density at radius 2 is 1.20 bits per heavy atom. The van der Waals surface area contributed by atoms with Crippen LogP contribution in [0.3, 0.4) is 0 Å². The Hall–Kier alpha value is -2.90. The van der Waals surface area contributed by atoms with Crippen molar-refractivity contribution in [2.24, 2.45) is 11.8 Å². The van der Waals surface area contributed by atoms with Crippen molar-refractivity contribution in [3.05, 3.63) is 91.0 Å². The average Bonchev–Trinajstić information content (AvgIpc) is 3.35. The van der Waals surface area contributed by atoms with Gasteiger partial charge in [-0.05, 0) is 48.0 Å². The van der Waals surface area contributed by atoms with Gasteiger partial charge in [-0.1, -0.05) is 117 Å². The Morgan fingerprint density at radius 1 is 0.743 bits per heavy atom. The summed E-state index contributed by atoms with van der Waals surface area (Å²) in [5, 5.41) is 3.30. The summed E-state index contributed by atoms with van der Waals surface area (Å²) in [6, 6.07) is 30.3. The van der Waals surface area contributed by atoms with E-state index in [-0.39, 0.29) is 12.4 Å². The topological polar surface area (TPSA) is 43.4 Å². The molecule has 0 radical (unpaired) electrons. The molecule has 2 atom stereocenters. The number of hydrogen-bond acceptors (Lipinski definition) is 3. The van der Waals surface area contributed by atoms with E-state index < -0.39 is 12.9 Å². The number of hydrogen-bond donors (Lipinski definition) is 0. The van der Waals surface area contributed by atoms with E-state index in [2.05, 4.69) is 43.3 Å². The molecular weight excluding hydrogens is 451 g/mol. The minimum atomic E-state index is -2.80. The molecule has 4 heteroatoms. The van der Waals surface area contributed by atoms with Crippen molar-refractivity contribution in [2.75, 3.05) is 6.61 Å². The van der Waals surface area contributed by atoms with Crippen molar-refractivity contribution < 1.29 is 14.3 Å². The minimum absolute atomic E-state index is 0.0568. The number of benzene rings is 3. The van der Waals surface area contributed by atoms with Gasteiger partial charge in [0.05, 0.1) is 6.61 Å². The molecule has 1 aliphatic rings. The largest absolute Gasteiger partial charge is 0.462 e. The molecule has 0 aliphatic heterocycles. The van der Waals surface area contributed by atoms with Crippen LogP contribution in [0.1, 0.15) is 46.0 Å². The van der Waals surface area contributed by atoms with E-state index in [1.165, 1.54) is 6.42 Å². The summed E-state index contributed by atoms with van der Waals surface area (Å²) in [6.45, 7) is 1.44. The SMILES string of the molecule is CCOC(=O)C(C(=O)CC1CCCC1CC)=P(c1ccccc1)(c1ccccc1)c1ccccc1. The van der Waals surface area contributed by atoms with Gasteiger partial charge in [-0.2, -0.15) is 0 Å². The smallest absolute Gasteiger partial charge is 0.342 e. The number of ketones is 1. The average molecular weight is 487 g/mol. The lowest BCUT2D eigenvalue weighted by atomic mass is 9.89. The van der Waals surface area contributed by atoms with Crippen LogP contribution in [0.5, 0.6) is 0 Å². The maximum absolute atomic E-state index is 14.3. The van der Waals surface area contributed by atoms with Gasteiger partial charge < -0.3 is 4.74 Å². The fourth-order valence-electron chi connectivity index (χ4n) is 5.68. The lowest BCUT2D eigenvalue weighted by Crippen LogP contribution is -2.39. The van der Waals surface area contributed by atoms with Gasteiger partial charge in [-0.25, -0.2) is 4.79 Å². The Bertz CT molecular complexity index is 1080. The first kappa shape index (κ1) is 25.2. The second kappa shape index (κ2) is 11.7. The van der Waals surface area contributed by atoms with Gasteiger partial charge in [0.2, 0.25) is 0 Å². The summed E-state index contributed by atoms with van der Waals surface area (Å²) in [5.74, 6) is 0.327. The maximum atomic E-state index is 14.3. The van der Waals surface area contributed by atoms with Crippen LogP contribution >= 0.6 is 6.89 Å². The molecule has 4 rings (SSSR count). The van der Waals surface area contributed by atoms with Crippen LogP contribution in [-0.2, 0) is 14.3 Å². The quantitative estimate of drug-likeness (QED) is 0.228. The molecule has 1 aliphatic carbocycles. The summed E-state index contributed by atoms with van der Waals surface area (Å²) in [7, 11) is 0. The fourth-order valence-corrected chi connectivity index (χ4v) is 10.0. The Balaban J connectivity index is 2.09. The highest BCUT2D eigenvalue weighted by Gasteiger charge is 2.39.